The maximum absolute atomic E-state index is 10.8. The van der Waals surface area contributed by atoms with Gasteiger partial charge in [-0.15, -0.1) is 0 Å². The summed E-state index contributed by atoms with van der Waals surface area (Å²) in [5.41, 5.74) is 0.632. The Morgan fingerprint density at radius 2 is 0.852 bits per heavy atom. The molecule has 0 bridgehead atoms. The zero-order valence-corrected chi connectivity index (χ0v) is 18.2. The number of hydrogen-bond acceptors (Lipinski definition) is 4. The lowest BCUT2D eigenvalue weighted by molar-refractivity contribution is -0.147. The summed E-state index contributed by atoms with van der Waals surface area (Å²) >= 11 is 0. The predicted octanol–water partition coefficient (Wildman–Crippen LogP) is 6.54. The van der Waals surface area contributed by atoms with Crippen LogP contribution in [0.1, 0.15) is 98.3 Å². The molecule has 0 fully saturated rings. The number of ether oxygens (including phenoxy) is 2. The van der Waals surface area contributed by atoms with Crippen LogP contribution in [0.5, 0.6) is 0 Å². The third kappa shape index (κ3) is 22.4. The predicted molar refractivity (Wildman–Crippen MR) is 114 cm³/mol. The van der Waals surface area contributed by atoms with Crippen molar-refractivity contribution in [1.82, 2.24) is 0 Å². The van der Waals surface area contributed by atoms with E-state index in [9.17, 15) is 9.59 Å². The summed E-state index contributed by atoms with van der Waals surface area (Å²) in [6, 6.07) is 0. The van der Waals surface area contributed by atoms with Gasteiger partial charge in [-0.1, -0.05) is 97.6 Å². The molecule has 0 heterocycles. The third-order valence-electron chi connectivity index (χ3n) is 3.95. The Morgan fingerprint density at radius 1 is 0.593 bits per heavy atom. The average molecular weight is 383 g/mol. The van der Waals surface area contributed by atoms with Crippen LogP contribution in [0.2, 0.25) is 0 Å². The maximum Gasteiger partial charge on any atom is 0.333 e. The average Bonchev–Trinajstić information content (AvgIpc) is 2.63. The molecule has 0 aromatic rings. The second-order valence-electron chi connectivity index (χ2n) is 7.01. The van der Waals surface area contributed by atoms with E-state index in [1.54, 1.807) is 13.8 Å². The molecular weight excluding hydrogens is 340 g/mol. The van der Waals surface area contributed by atoms with E-state index in [1.165, 1.54) is 70.6 Å². The van der Waals surface area contributed by atoms with Gasteiger partial charge in [-0.3, -0.25) is 0 Å². The van der Waals surface area contributed by atoms with E-state index in [-0.39, 0.29) is 13.2 Å². The summed E-state index contributed by atoms with van der Waals surface area (Å²) < 4.78 is 9.38. The van der Waals surface area contributed by atoms with Gasteiger partial charge in [0.25, 0.3) is 0 Å². The van der Waals surface area contributed by atoms with Gasteiger partial charge < -0.3 is 9.47 Å². The van der Waals surface area contributed by atoms with Crippen LogP contribution in [0.3, 0.4) is 0 Å². The lowest BCUT2D eigenvalue weighted by Gasteiger charge is -2.05. The Bertz CT molecular complexity index is 375. The topological polar surface area (TPSA) is 52.6 Å². The molecule has 0 aromatic carbocycles. The van der Waals surface area contributed by atoms with Crippen LogP contribution in [0.25, 0.3) is 0 Å². The van der Waals surface area contributed by atoms with Gasteiger partial charge in [-0.25, -0.2) is 9.59 Å². The van der Waals surface area contributed by atoms with Crippen molar-refractivity contribution in [3.8, 4) is 0 Å². The fourth-order valence-corrected chi connectivity index (χ4v) is 2.25. The molecule has 158 valence electrons. The van der Waals surface area contributed by atoms with Crippen LogP contribution in [-0.2, 0) is 19.1 Å². The summed E-state index contributed by atoms with van der Waals surface area (Å²) in [6.07, 6.45) is 15.9. The highest BCUT2D eigenvalue weighted by atomic mass is 16.6. The SMILES string of the molecule is C=C(C)C(=O)OCCOC(=O)C(=C)C.CCCCCCCCCCCCC. The molecule has 27 heavy (non-hydrogen) atoms. The van der Waals surface area contributed by atoms with Crippen molar-refractivity contribution in [2.45, 2.75) is 98.3 Å². The molecule has 0 atom stereocenters. The number of carbonyl (C=O) groups excluding carboxylic acids is 2. The minimum atomic E-state index is -0.489. The zero-order valence-electron chi connectivity index (χ0n) is 18.2. The van der Waals surface area contributed by atoms with Gasteiger partial charge in [0, 0.05) is 11.1 Å². The van der Waals surface area contributed by atoms with Gasteiger partial charge in [0.15, 0.2) is 0 Å². The van der Waals surface area contributed by atoms with Crippen molar-refractivity contribution in [1.29, 1.82) is 0 Å². The summed E-state index contributed by atoms with van der Waals surface area (Å²) in [7, 11) is 0. The van der Waals surface area contributed by atoms with E-state index in [0.29, 0.717) is 11.1 Å². The Balaban J connectivity index is 0. The normalized spacial score (nSPS) is 9.78. The molecule has 0 saturated carbocycles. The van der Waals surface area contributed by atoms with Crippen LogP contribution in [-0.4, -0.2) is 25.2 Å². The Hall–Kier alpha value is -1.58. The lowest BCUT2D eigenvalue weighted by Crippen LogP contribution is -2.14. The molecule has 0 aliphatic heterocycles. The third-order valence-corrected chi connectivity index (χ3v) is 3.95. The van der Waals surface area contributed by atoms with Crippen LogP contribution in [0, 0.1) is 0 Å². The van der Waals surface area contributed by atoms with E-state index in [2.05, 4.69) is 36.5 Å². The summed E-state index contributed by atoms with van der Waals surface area (Å²) in [5, 5.41) is 0. The van der Waals surface area contributed by atoms with E-state index < -0.39 is 11.9 Å². The molecule has 0 spiro atoms. The van der Waals surface area contributed by atoms with Crippen LogP contribution >= 0.6 is 0 Å². The fraction of sp³-hybridized carbons (Fsp3) is 0.739. The fourth-order valence-electron chi connectivity index (χ4n) is 2.25. The van der Waals surface area contributed by atoms with Crippen LogP contribution in [0.15, 0.2) is 24.3 Å². The molecule has 0 aliphatic rings. The second-order valence-corrected chi connectivity index (χ2v) is 7.01. The maximum atomic E-state index is 10.8. The summed E-state index contributed by atoms with van der Waals surface area (Å²) in [5.74, 6) is -0.979. The van der Waals surface area contributed by atoms with Gasteiger partial charge in [0.1, 0.15) is 13.2 Å². The second kappa shape index (κ2) is 20.7. The molecule has 0 rings (SSSR count). The Kier molecular flexibility index (Phi) is 21.2. The van der Waals surface area contributed by atoms with Crippen LogP contribution < -0.4 is 0 Å². The van der Waals surface area contributed by atoms with Gasteiger partial charge >= 0.3 is 11.9 Å². The molecule has 4 heteroatoms. The molecule has 0 unspecified atom stereocenters. The number of rotatable bonds is 15. The van der Waals surface area contributed by atoms with E-state index >= 15 is 0 Å². The highest BCUT2D eigenvalue weighted by molar-refractivity contribution is 5.87. The quantitative estimate of drug-likeness (QED) is 0.183. The molecule has 4 nitrogen and oxygen atoms in total. The van der Waals surface area contributed by atoms with Crippen molar-refractivity contribution in [2.24, 2.45) is 0 Å². The first-order chi connectivity index (χ1) is 12.9. The van der Waals surface area contributed by atoms with Crippen molar-refractivity contribution < 1.29 is 19.1 Å². The van der Waals surface area contributed by atoms with Gasteiger partial charge in [0.05, 0.1) is 0 Å². The standard InChI is InChI=1S/C13H28.C10H14O4/c1-3-5-7-9-11-13-12-10-8-6-4-2;1-7(2)9(11)13-5-6-14-10(12)8(3)4/h3-13H2,1-2H3;1,3,5-6H2,2,4H3. The molecule has 0 radical (unpaired) electrons. The summed E-state index contributed by atoms with van der Waals surface area (Å²) in [4.78, 5) is 21.7. The molecule has 0 N–H and O–H groups in total. The van der Waals surface area contributed by atoms with Crippen LogP contribution in [0.4, 0.5) is 0 Å². The minimum absolute atomic E-state index is 0.0325. The first-order valence-corrected chi connectivity index (χ1v) is 10.5. The largest absolute Gasteiger partial charge is 0.459 e. The Morgan fingerprint density at radius 3 is 1.07 bits per heavy atom. The van der Waals surface area contributed by atoms with Crippen molar-refractivity contribution in [3.63, 3.8) is 0 Å². The van der Waals surface area contributed by atoms with Crippen molar-refractivity contribution >= 4 is 11.9 Å². The van der Waals surface area contributed by atoms with E-state index in [4.69, 9.17) is 0 Å². The van der Waals surface area contributed by atoms with Crippen molar-refractivity contribution in [2.75, 3.05) is 13.2 Å². The zero-order chi connectivity index (χ0) is 20.9. The molecule has 0 amide bonds. The monoisotopic (exact) mass is 382 g/mol. The minimum Gasteiger partial charge on any atom is -0.459 e. The van der Waals surface area contributed by atoms with Gasteiger partial charge in [-0.05, 0) is 13.8 Å². The highest BCUT2D eigenvalue weighted by Gasteiger charge is 2.05. The molecule has 0 aliphatic carbocycles. The van der Waals surface area contributed by atoms with E-state index in [1.807, 2.05) is 0 Å². The molecular formula is C23H42O4. The van der Waals surface area contributed by atoms with Gasteiger partial charge in [-0.2, -0.15) is 0 Å². The van der Waals surface area contributed by atoms with Crippen molar-refractivity contribution in [3.05, 3.63) is 24.3 Å². The first kappa shape index (κ1) is 27.6. The smallest absolute Gasteiger partial charge is 0.333 e. The lowest BCUT2D eigenvalue weighted by atomic mass is 10.1. The number of carbonyl (C=O) groups is 2. The molecule has 0 aromatic heterocycles. The molecule has 0 saturated heterocycles. The number of esters is 2. The first-order valence-electron chi connectivity index (χ1n) is 10.5. The number of unbranched alkanes of at least 4 members (excludes halogenated alkanes) is 10. The Labute approximate surface area is 167 Å². The van der Waals surface area contributed by atoms with E-state index in [0.717, 1.165) is 0 Å². The summed E-state index contributed by atoms with van der Waals surface area (Å²) in [6.45, 7) is 14.5. The number of hydrogen-bond donors (Lipinski definition) is 0. The van der Waals surface area contributed by atoms with Gasteiger partial charge in [0.2, 0.25) is 0 Å². The highest BCUT2D eigenvalue weighted by Crippen LogP contribution is 2.10.